The van der Waals surface area contributed by atoms with Crippen LogP contribution in [-0.4, -0.2) is 59.7 Å². The average molecular weight is 732 g/mol. The van der Waals surface area contributed by atoms with E-state index >= 15 is 0 Å². The maximum absolute atomic E-state index is 13.8. The van der Waals surface area contributed by atoms with E-state index in [0.717, 1.165) is 47.5 Å². The Labute approximate surface area is 281 Å². The third kappa shape index (κ3) is 7.36. The fourth-order valence-electron chi connectivity index (χ4n) is 4.95. The summed E-state index contributed by atoms with van der Waals surface area (Å²) in [6, 6.07) is 5.47. The topological polar surface area (TPSA) is 148 Å². The number of hydrogen-bond donors (Lipinski definition) is 0. The molecular formula is C29H26Cl2F2N4O8S2. The number of alkyl halides is 2. The van der Waals surface area contributed by atoms with E-state index in [9.17, 15) is 27.2 Å². The number of aryl methyl sites for hydroxylation is 1. The number of fused-ring (bicyclic) bond motifs is 1. The normalized spacial score (nSPS) is 17.7. The highest BCUT2D eigenvalue weighted by Crippen LogP contribution is 2.39. The van der Waals surface area contributed by atoms with Gasteiger partial charge < -0.3 is 23.9 Å². The lowest BCUT2D eigenvalue weighted by Crippen LogP contribution is -2.40. The van der Waals surface area contributed by atoms with Crippen LogP contribution in [0.3, 0.4) is 0 Å². The zero-order valence-electron chi connectivity index (χ0n) is 24.5. The quantitative estimate of drug-likeness (QED) is 0.104. The van der Waals surface area contributed by atoms with Gasteiger partial charge in [-0.05, 0) is 49.4 Å². The van der Waals surface area contributed by atoms with Crippen molar-refractivity contribution in [3.8, 4) is 11.5 Å². The first-order valence-electron chi connectivity index (χ1n) is 14.2. The van der Waals surface area contributed by atoms with Crippen molar-refractivity contribution in [1.29, 1.82) is 0 Å². The van der Waals surface area contributed by atoms with Gasteiger partial charge in [0.15, 0.2) is 29.3 Å². The molecule has 4 heterocycles. The van der Waals surface area contributed by atoms with Gasteiger partial charge in [0.2, 0.25) is 10.0 Å². The number of rotatable bonds is 12. The molecule has 0 radical (unpaired) electrons. The molecule has 2 fully saturated rings. The molecule has 0 amide bonds. The first kappa shape index (κ1) is 33.5. The van der Waals surface area contributed by atoms with Crippen molar-refractivity contribution in [2.75, 3.05) is 18.9 Å². The van der Waals surface area contributed by atoms with Gasteiger partial charge in [-0.25, -0.2) is 18.2 Å². The number of pyridine rings is 2. The number of sulfonamides is 1. The summed E-state index contributed by atoms with van der Waals surface area (Å²) in [6.07, 6.45) is 3.84. The summed E-state index contributed by atoms with van der Waals surface area (Å²) in [5.41, 5.74) is 1.18. The average Bonchev–Trinajstić information content (AvgIpc) is 3.57. The van der Waals surface area contributed by atoms with Crippen LogP contribution in [0.2, 0.25) is 10.0 Å². The van der Waals surface area contributed by atoms with Crippen molar-refractivity contribution in [1.82, 2.24) is 14.4 Å². The summed E-state index contributed by atoms with van der Waals surface area (Å²) < 4.78 is 76.8. The van der Waals surface area contributed by atoms with Gasteiger partial charge in [-0.2, -0.15) is 17.8 Å². The molecule has 47 heavy (non-hydrogen) atoms. The number of hydrogen-bond acceptors (Lipinski definition) is 11. The van der Waals surface area contributed by atoms with Crippen LogP contribution < -0.4 is 14.2 Å². The highest BCUT2D eigenvalue weighted by Gasteiger charge is 2.42. The lowest BCUT2D eigenvalue weighted by molar-refractivity contribution is -0.605. The third-order valence-corrected chi connectivity index (χ3v) is 11.4. The van der Waals surface area contributed by atoms with Crippen LogP contribution in [0.15, 0.2) is 52.3 Å². The Balaban J connectivity index is 1.32. The molecule has 1 saturated carbocycles. The van der Waals surface area contributed by atoms with Crippen LogP contribution in [0, 0.1) is 18.0 Å². The molecule has 4 aromatic rings. The number of aromatic nitrogens is 3. The minimum absolute atomic E-state index is 0.00442. The van der Waals surface area contributed by atoms with Crippen molar-refractivity contribution in [2.24, 2.45) is 5.92 Å². The highest BCUT2D eigenvalue weighted by molar-refractivity contribution is 8.02. The van der Waals surface area contributed by atoms with Crippen LogP contribution in [0.25, 0.3) is 11.1 Å². The number of esters is 1. The summed E-state index contributed by atoms with van der Waals surface area (Å²) in [6.45, 7) is -1.19. The Morgan fingerprint density at radius 3 is 2.66 bits per heavy atom. The number of nitrogens with zero attached hydrogens (tertiary/aromatic N) is 4. The SMILES string of the molecule is Cc1noc2ncc(S(=O)(=O)N3CCS[C@@H]3C(=O)O[C@@H](Cc3c(Cl)c[n+]([O-])cc3Cl)c3ccc(OC(F)F)c(OCC4CC4)c3)cc12. The van der Waals surface area contributed by atoms with Crippen LogP contribution >= 0.6 is 35.0 Å². The van der Waals surface area contributed by atoms with E-state index in [4.69, 9.17) is 37.2 Å². The summed E-state index contributed by atoms with van der Waals surface area (Å²) >= 11 is 13.8. The maximum atomic E-state index is 13.8. The Bertz CT molecular complexity index is 1910. The molecule has 12 nitrogen and oxygen atoms in total. The Morgan fingerprint density at radius 2 is 1.96 bits per heavy atom. The molecule has 1 aromatic carbocycles. The molecule has 18 heteroatoms. The Kier molecular flexibility index (Phi) is 9.67. The molecule has 3 aromatic heterocycles. The van der Waals surface area contributed by atoms with E-state index in [2.05, 4.69) is 14.9 Å². The fourth-order valence-corrected chi connectivity index (χ4v) is 8.57. The zero-order valence-corrected chi connectivity index (χ0v) is 27.6. The van der Waals surface area contributed by atoms with Crippen molar-refractivity contribution in [3.63, 3.8) is 0 Å². The second kappa shape index (κ2) is 13.6. The van der Waals surface area contributed by atoms with E-state index in [1.807, 2.05) is 0 Å². The number of carbonyl (C=O) groups excluding carboxylic acids is 1. The summed E-state index contributed by atoms with van der Waals surface area (Å²) in [5.74, 6) is -0.528. The zero-order chi connectivity index (χ0) is 33.5. The lowest BCUT2D eigenvalue weighted by Gasteiger charge is -2.26. The van der Waals surface area contributed by atoms with Crippen molar-refractivity contribution >= 4 is 62.1 Å². The van der Waals surface area contributed by atoms with Gasteiger partial charge >= 0.3 is 12.6 Å². The predicted octanol–water partition coefficient (Wildman–Crippen LogP) is 5.45. The monoisotopic (exact) mass is 730 g/mol. The lowest BCUT2D eigenvalue weighted by atomic mass is 10.0. The summed E-state index contributed by atoms with van der Waals surface area (Å²) in [5, 5.41) is 14.8. The molecule has 0 bridgehead atoms. The van der Waals surface area contributed by atoms with Crippen molar-refractivity contribution in [3.05, 3.63) is 74.9 Å². The Morgan fingerprint density at radius 1 is 1.21 bits per heavy atom. The standard InChI is InChI=1S/C29H26Cl2F2N4O8S2/c1-15-19-9-18(11-34-26(19)45-35-15)47(40,41)37-6-7-46-27(37)28(38)43-24(10-20-21(30)12-36(39)13-22(20)31)17-4-5-23(44-29(32)33)25(8-17)42-14-16-2-3-16/h4-5,8-9,11-13,16,24,27,29H,2-3,6-7,10,14H2,1H3/t24-,27+/m0/s1. The van der Waals surface area contributed by atoms with Gasteiger partial charge in [0.1, 0.15) is 21.0 Å². The van der Waals surface area contributed by atoms with Gasteiger partial charge in [0.05, 0.1) is 23.9 Å². The van der Waals surface area contributed by atoms with Gasteiger partial charge in [0, 0.05) is 24.3 Å². The molecular weight excluding hydrogens is 705 g/mol. The fraction of sp³-hybridized carbons (Fsp3) is 0.379. The first-order chi connectivity index (χ1) is 22.4. The predicted molar refractivity (Wildman–Crippen MR) is 166 cm³/mol. The van der Waals surface area contributed by atoms with Crippen LogP contribution in [0.1, 0.15) is 35.8 Å². The number of benzene rings is 1. The second-order valence-corrected chi connectivity index (χ2v) is 14.8. The van der Waals surface area contributed by atoms with E-state index in [0.29, 0.717) is 27.1 Å². The van der Waals surface area contributed by atoms with Gasteiger partial charge in [-0.15, -0.1) is 11.8 Å². The van der Waals surface area contributed by atoms with Crippen molar-refractivity contribution < 1.29 is 45.5 Å². The molecule has 0 spiro atoms. The molecule has 1 aliphatic carbocycles. The third-order valence-electron chi connectivity index (χ3n) is 7.57. The smallest absolute Gasteiger partial charge is 0.387 e. The molecule has 6 rings (SSSR count). The van der Waals surface area contributed by atoms with E-state index in [1.165, 1.54) is 24.3 Å². The minimum Gasteiger partial charge on any atom is -0.619 e. The summed E-state index contributed by atoms with van der Waals surface area (Å²) in [7, 11) is -4.24. The highest BCUT2D eigenvalue weighted by atomic mass is 35.5. The van der Waals surface area contributed by atoms with Crippen LogP contribution in [0.4, 0.5) is 8.78 Å². The van der Waals surface area contributed by atoms with E-state index in [1.54, 1.807) is 6.92 Å². The maximum Gasteiger partial charge on any atom is 0.387 e. The molecule has 2 atom stereocenters. The van der Waals surface area contributed by atoms with Crippen LogP contribution in [0.5, 0.6) is 11.5 Å². The molecule has 0 unspecified atom stereocenters. The molecule has 2 aliphatic rings. The number of thioether (sulfide) groups is 1. The number of carbonyl (C=O) groups is 1. The van der Waals surface area contributed by atoms with Gasteiger partial charge in [0.25, 0.3) is 5.71 Å². The second-order valence-electron chi connectivity index (χ2n) is 10.9. The number of halogens is 4. The van der Waals surface area contributed by atoms with Crippen molar-refractivity contribution in [2.45, 2.75) is 49.2 Å². The first-order valence-corrected chi connectivity index (χ1v) is 17.5. The van der Waals surface area contributed by atoms with E-state index in [-0.39, 0.29) is 63.2 Å². The Hall–Kier alpha value is -3.44. The molecule has 250 valence electrons. The largest absolute Gasteiger partial charge is 0.619 e. The van der Waals surface area contributed by atoms with Gasteiger partial charge in [-0.1, -0.05) is 34.4 Å². The molecule has 1 aliphatic heterocycles. The van der Waals surface area contributed by atoms with E-state index < -0.39 is 34.1 Å². The van der Waals surface area contributed by atoms with Gasteiger partial charge in [-0.3, -0.25) is 0 Å². The number of ether oxygens (including phenoxy) is 3. The molecule has 0 N–H and O–H groups in total. The molecule has 1 saturated heterocycles. The van der Waals surface area contributed by atoms with Crippen LogP contribution in [-0.2, 0) is 26.0 Å². The summed E-state index contributed by atoms with van der Waals surface area (Å²) in [4.78, 5) is 17.7. The minimum atomic E-state index is -4.24.